The number of hydrogen-bond acceptors (Lipinski definition) is 2. The Kier molecular flexibility index (Phi) is 4.19. The lowest BCUT2D eigenvalue weighted by Crippen LogP contribution is -2.31. The molecule has 20 heavy (non-hydrogen) atoms. The first-order chi connectivity index (χ1) is 9.29. The van der Waals surface area contributed by atoms with Crippen LogP contribution in [0.25, 0.3) is 0 Å². The molecule has 1 aromatic rings. The van der Waals surface area contributed by atoms with Crippen molar-refractivity contribution in [2.45, 2.75) is 40.2 Å². The molecule has 3 heteroatoms. The molecule has 0 fully saturated rings. The number of benzene rings is 1. The predicted octanol–water partition coefficient (Wildman–Crippen LogP) is 4.03. The van der Waals surface area contributed by atoms with Gasteiger partial charge in [0.05, 0.1) is 5.69 Å². The quantitative estimate of drug-likeness (QED) is 0.826. The van der Waals surface area contributed by atoms with Crippen molar-refractivity contribution in [2.75, 3.05) is 18.0 Å². The number of nitrogens with two attached hydrogens (primary N) is 1. The molecule has 0 aliphatic carbocycles. The van der Waals surface area contributed by atoms with Crippen LogP contribution >= 0.6 is 0 Å². The smallest absolute Gasteiger partial charge is 0.146 e. The van der Waals surface area contributed by atoms with Crippen LogP contribution < -0.4 is 10.6 Å². The highest BCUT2D eigenvalue weighted by Crippen LogP contribution is 2.32. The second kappa shape index (κ2) is 5.57. The van der Waals surface area contributed by atoms with Gasteiger partial charge in [-0.15, -0.1) is 0 Å². The van der Waals surface area contributed by atoms with Gasteiger partial charge in [-0.3, -0.25) is 0 Å². The second-order valence-electron chi connectivity index (χ2n) is 6.67. The molecule has 1 aromatic carbocycles. The van der Waals surface area contributed by atoms with Crippen molar-refractivity contribution >= 4 is 5.69 Å². The topological polar surface area (TPSA) is 29.3 Å². The molecule has 2 N–H and O–H groups in total. The summed E-state index contributed by atoms with van der Waals surface area (Å²) in [6.07, 6.45) is 3.24. The first-order valence-electron chi connectivity index (χ1n) is 7.28. The molecular weight excluding hydrogens is 251 g/mol. The molecule has 0 amide bonds. The van der Waals surface area contributed by atoms with Crippen molar-refractivity contribution in [3.8, 4) is 0 Å². The maximum Gasteiger partial charge on any atom is 0.146 e. The van der Waals surface area contributed by atoms with E-state index in [1.54, 1.807) is 6.07 Å². The maximum absolute atomic E-state index is 14.2. The molecule has 110 valence electrons. The van der Waals surface area contributed by atoms with Gasteiger partial charge in [-0.05, 0) is 36.5 Å². The van der Waals surface area contributed by atoms with Gasteiger partial charge in [0.15, 0.2) is 0 Å². The van der Waals surface area contributed by atoms with Gasteiger partial charge in [0.25, 0.3) is 0 Å². The lowest BCUT2D eigenvalue weighted by molar-refractivity contribution is 0.471. The monoisotopic (exact) mass is 276 g/mol. The Balaban J connectivity index is 2.17. The van der Waals surface area contributed by atoms with E-state index in [-0.39, 0.29) is 17.3 Å². The van der Waals surface area contributed by atoms with Crippen molar-refractivity contribution < 1.29 is 4.39 Å². The fourth-order valence-corrected chi connectivity index (χ4v) is 2.63. The lowest BCUT2D eigenvalue weighted by Gasteiger charge is -2.33. The average molecular weight is 276 g/mol. The van der Waals surface area contributed by atoms with Crippen LogP contribution in [0, 0.1) is 11.2 Å². The highest BCUT2D eigenvalue weighted by Gasteiger charge is 2.22. The lowest BCUT2D eigenvalue weighted by atomic mass is 9.83. The van der Waals surface area contributed by atoms with E-state index in [0.29, 0.717) is 5.69 Å². The zero-order valence-electron chi connectivity index (χ0n) is 12.9. The van der Waals surface area contributed by atoms with Crippen LogP contribution in [-0.4, -0.2) is 13.1 Å². The van der Waals surface area contributed by atoms with Crippen molar-refractivity contribution in [1.29, 1.82) is 0 Å². The summed E-state index contributed by atoms with van der Waals surface area (Å²) in [7, 11) is 0. The predicted molar refractivity (Wildman–Crippen MR) is 83.4 cm³/mol. The first-order valence-corrected chi connectivity index (χ1v) is 7.28. The highest BCUT2D eigenvalue weighted by molar-refractivity contribution is 5.51. The molecule has 1 aliphatic rings. The molecule has 0 bridgehead atoms. The van der Waals surface area contributed by atoms with Crippen LogP contribution in [0.3, 0.4) is 0 Å². The van der Waals surface area contributed by atoms with E-state index in [9.17, 15) is 4.39 Å². The van der Waals surface area contributed by atoms with Crippen LogP contribution in [0.2, 0.25) is 0 Å². The van der Waals surface area contributed by atoms with Gasteiger partial charge in [0.1, 0.15) is 5.82 Å². The van der Waals surface area contributed by atoms with E-state index in [1.165, 1.54) is 5.57 Å². The summed E-state index contributed by atoms with van der Waals surface area (Å²) in [5, 5.41) is 0. The van der Waals surface area contributed by atoms with Gasteiger partial charge >= 0.3 is 0 Å². The van der Waals surface area contributed by atoms with Crippen LogP contribution in [0.5, 0.6) is 0 Å². The van der Waals surface area contributed by atoms with Crippen LogP contribution in [0.15, 0.2) is 29.8 Å². The van der Waals surface area contributed by atoms with Gasteiger partial charge in [-0.2, -0.15) is 0 Å². The SMILES string of the molecule is C[C@@H](N)c1ccc(N2CC=C(C(C)(C)C)CC2)c(F)c1. The highest BCUT2D eigenvalue weighted by atomic mass is 19.1. The Morgan fingerprint density at radius 3 is 2.45 bits per heavy atom. The zero-order chi connectivity index (χ0) is 14.9. The summed E-state index contributed by atoms with van der Waals surface area (Å²) >= 11 is 0. The number of rotatable bonds is 2. The minimum absolute atomic E-state index is 0.132. The van der Waals surface area contributed by atoms with E-state index < -0.39 is 0 Å². The molecule has 0 radical (unpaired) electrons. The average Bonchev–Trinajstić information content (AvgIpc) is 2.37. The fourth-order valence-electron chi connectivity index (χ4n) is 2.63. The Morgan fingerprint density at radius 1 is 1.30 bits per heavy atom. The third-order valence-electron chi connectivity index (χ3n) is 4.01. The van der Waals surface area contributed by atoms with Crippen molar-refractivity contribution in [3.05, 3.63) is 41.2 Å². The molecule has 1 heterocycles. The summed E-state index contributed by atoms with van der Waals surface area (Å²) in [5.74, 6) is -0.174. The molecule has 1 aliphatic heterocycles. The molecule has 0 spiro atoms. The minimum atomic E-state index is -0.174. The molecule has 0 saturated heterocycles. The minimum Gasteiger partial charge on any atom is -0.365 e. The fraction of sp³-hybridized carbons (Fsp3) is 0.529. The van der Waals surface area contributed by atoms with Crippen molar-refractivity contribution in [2.24, 2.45) is 11.1 Å². The van der Waals surface area contributed by atoms with E-state index in [0.717, 1.165) is 25.1 Å². The molecule has 0 saturated carbocycles. The second-order valence-corrected chi connectivity index (χ2v) is 6.67. The third-order valence-corrected chi connectivity index (χ3v) is 4.01. The van der Waals surface area contributed by atoms with Gasteiger partial charge < -0.3 is 10.6 Å². The summed E-state index contributed by atoms with van der Waals surface area (Å²) in [6, 6.07) is 5.20. The summed E-state index contributed by atoms with van der Waals surface area (Å²) < 4.78 is 14.2. The molecule has 0 unspecified atom stereocenters. The summed E-state index contributed by atoms with van der Waals surface area (Å²) in [5.41, 5.74) is 8.98. The van der Waals surface area contributed by atoms with Gasteiger partial charge in [0, 0.05) is 19.1 Å². The van der Waals surface area contributed by atoms with Gasteiger partial charge in [-0.1, -0.05) is 38.5 Å². The zero-order valence-corrected chi connectivity index (χ0v) is 12.9. The molecule has 1 atom stereocenters. The number of halogens is 1. The largest absolute Gasteiger partial charge is 0.365 e. The van der Waals surface area contributed by atoms with Gasteiger partial charge in [0.2, 0.25) is 0 Å². The van der Waals surface area contributed by atoms with Crippen LogP contribution in [0.1, 0.15) is 45.7 Å². The number of nitrogens with zero attached hydrogens (tertiary/aromatic N) is 1. The normalized spacial score (nSPS) is 17.9. The number of anilines is 1. The third kappa shape index (κ3) is 3.21. The molecule has 0 aromatic heterocycles. The Bertz CT molecular complexity index is 512. The van der Waals surface area contributed by atoms with Crippen LogP contribution in [0.4, 0.5) is 10.1 Å². The summed E-state index contributed by atoms with van der Waals surface area (Å²) in [6.45, 7) is 10.2. The molecular formula is C17H25FN2. The van der Waals surface area contributed by atoms with Gasteiger partial charge in [-0.25, -0.2) is 4.39 Å². The first kappa shape index (κ1) is 15.0. The Morgan fingerprint density at radius 2 is 2.00 bits per heavy atom. The molecule has 2 nitrogen and oxygen atoms in total. The number of hydrogen-bond donors (Lipinski definition) is 1. The standard InChI is InChI=1S/C17H25FN2/c1-12(19)13-5-6-16(15(18)11-13)20-9-7-14(8-10-20)17(2,3)4/h5-7,11-12H,8-10,19H2,1-4H3/t12-/m1/s1. The summed E-state index contributed by atoms with van der Waals surface area (Å²) in [4.78, 5) is 2.09. The van der Waals surface area contributed by atoms with E-state index in [2.05, 4.69) is 31.7 Å². The van der Waals surface area contributed by atoms with E-state index in [1.807, 2.05) is 19.1 Å². The Labute approximate surface area is 121 Å². The van der Waals surface area contributed by atoms with E-state index in [4.69, 9.17) is 5.73 Å². The van der Waals surface area contributed by atoms with Crippen LogP contribution in [-0.2, 0) is 0 Å². The Hall–Kier alpha value is -1.35. The molecule has 2 rings (SSSR count). The van der Waals surface area contributed by atoms with Crippen molar-refractivity contribution in [3.63, 3.8) is 0 Å². The maximum atomic E-state index is 14.2. The van der Waals surface area contributed by atoms with E-state index >= 15 is 0 Å². The van der Waals surface area contributed by atoms with Crippen molar-refractivity contribution in [1.82, 2.24) is 0 Å².